The van der Waals surface area contributed by atoms with Gasteiger partial charge in [-0.1, -0.05) is 0 Å². The molecule has 0 bridgehead atoms. The van der Waals surface area contributed by atoms with Crippen molar-refractivity contribution in [3.8, 4) is 0 Å². The van der Waals surface area contributed by atoms with Crippen molar-refractivity contribution in [1.29, 1.82) is 0 Å². The Kier molecular flexibility index (Phi) is 2.80. The number of thiophene rings is 1. The number of hydrogen-bond donors (Lipinski definition) is 0. The largest absolute Gasteiger partial charge is 0.270 e. The zero-order valence-electron chi connectivity index (χ0n) is 5.25. The van der Waals surface area contributed by atoms with Gasteiger partial charge >= 0.3 is 0 Å². The van der Waals surface area contributed by atoms with Crippen LogP contribution < -0.4 is 0 Å². The van der Waals surface area contributed by atoms with E-state index in [4.69, 9.17) is 22.3 Å². The molecule has 0 spiro atoms. The third kappa shape index (κ3) is 2.33. The van der Waals surface area contributed by atoms with Crippen molar-refractivity contribution in [2.45, 2.75) is 10.1 Å². The van der Waals surface area contributed by atoms with E-state index in [0.29, 0.717) is 5.88 Å². The molecular weight excluding hydrogens is 227 g/mol. The van der Waals surface area contributed by atoms with Crippen LogP contribution in [0.25, 0.3) is 0 Å². The van der Waals surface area contributed by atoms with Gasteiger partial charge in [0.2, 0.25) is 0 Å². The smallest absolute Gasteiger partial charge is 0.206 e. The summed E-state index contributed by atoms with van der Waals surface area (Å²) in [4.78, 5) is 0.797. The second kappa shape index (κ2) is 3.31. The van der Waals surface area contributed by atoms with E-state index < -0.39 is 9.05 Å². The summed E-state index contributed by atoms with van der Waals surface area (Å²) in [6.45, 7) is 0. The van der Waals surface area contributed by atoms with Crippen molar-refractivity contribution in [2.24, 2.45) is 0 Å². The second-order valence-corrected chi connectivity index (χ2v) is 6.02. The molecule has 2 nitrogen and oxygen atoms in total. The van der Waals surface area contributed by atoms with Gasteiger partial charge in [0, 0.05) is 15.6 Å². The molecule has 0 saturated carbocycles. The first-order valence-electron chi connectivity index (χ1n) is 2.63. The van der Waals surface area contributed by atoms with E-state index in [1.54, 1.807) is 6.07 Å². The highest BCUT2D eigenvalue weighted by molar-refractivity contribution is 8.15. The highest BCUT2D eigenvalue weighted by atomic mass is 35.7. The Labute approximate surface area is 78.2 Å². The molecule has 0 aliphatic rings. The molecule has 1 aromatic heterocycles. The van der Waals surface area contributed by atoms with Crippen molar-refractivity contribution in [3.05, 3.63) is 17.0 Å². The maximum absolute atomic E-state index is 10.7. The molecule has 62 valence electrons. The normalized spacial score (nSPS) is 11.8. The Morgan fingerprint density at radius 1 is 1.45 bits per heavy atom. The summed E-state index contributed by atoms with van der Waals surface area (Å²) in [5, 5.41) is 0. The average Bonchev–Trinajstić information content (AvgIpc) is 2.32. The molecule has 6 heteroatoms. The van der Waals surface area contributed by atoms with Gasteiger partial charge in [0.1, 0.15) is 4.21 Å². The van der Waals surface area contributed by atoms with E-state index in [9.17, 15) is 8.42 Å². The topological polar surface area (TPSA) is 34.1 Å². The van der Waals surface area contributed by atoms with Crippen LogP contribution >= 0.6 is 33.6 Å². The predicted octanol–water partition coefficient (Wildman–Crippen LogP) is 2.41. The Balaban J connectivity index is 3.09. The summed E-state index contributed by atoms with van der Waals surface area (Å²) in [6, 6.07) is 3.09. The Morgan fingerprint density at radius 3 is 2.36 bits per heavy atom. The maximum Gasteiger partial charge on any atom is 0.270 e. The zero-order chi connectivity index (χ0) is 8.48. The fourth-order valence-electron chi connectivity index (χ4n) is 0.561. The lowest BCUT2D eigenvalue weighted by Crippen LogP contribution is -1.83. The number of alkyl halides is 1. The first-order valence-corrected chi connectivity index (χ1v) is 6.29. The molecule has 0 aromatic carbocycles. The summed E-state index contributed by atoms with van der Waals surface area (Å²) < 4.78 is 21.5. The van der Waals surface area contributed by atoms with Gasteiger partial charge in [-0.2, -0.15) is 0 Å². The first-order chi connectivity index (χ1) is 5.04. The predicted molar refractivity (Wildman–Crippen MR) is 46.9 cm³/mol. The van der Waals surface area contributed by atoms with Crippen molar-refractivity contribution >= 4 is 42.7 Å². The quantitative estimate of drug-likeness (QED) is 0.578. The minimum Gasteiger partial charge on any atom is -0.206 e. The van der Waals surface area contributed by atoms with Crippen LogP contribution in [0, 0.1) is 0 Å². The van der Waals surface area contributed by atoms with Gasteiger partial charge in [-0.25, -0.2) is 8.42 Å². The van der Waals surface area contributed by atoms with Crippen LogP contribution in [0.4, 0.5) is 0 Å². The number of rotatable bonds is 2. The third-order valence-electron chi connectivity index (χ3n) is 1.01. The monoisotopic (exact) mass is 230 g/mol. The molecule has 0 aliphatic heterocycles. The molecule has 0 fully saturated rings. The van der Waals surface area contributed by atoms with Crippen LogP contribution in [0.15, 0.2) is 16.3 Å². The highest BCUT2D eigenvalue weighted by Crippen LogP contribution is 2.25. The lowest BCUT2D eigenvalue weighted by molar-refractivity contribution is 0.611. The summed E-state index contributed by atoms with van der Waals surface area (Å²) in [5.74, 6) is 0.317. The van der Waals surface area contributed by atoms with Crippen molar-refractivity contribution in [2.75, 3.05) is 0 Å². The molecule has 1 heterocycles. The van der Waals surface area contributed by atoms with Gasteiger partial charge in [0.25, 0.3) is 9.05 Å². The lowest BCUT2D eigenvalue weighted by atomic mass is 10.5. The Hall–Kier alpha value is 0.230. The van der Waals surface area contributed by atoms with E-state index >= 15 is 0 Å². The summed E-state index contributed by atoms with van der Waals surface area (Å²) in [5.41, 5.74) is 0. The molecule has 0 unspecified atom stereocenters. The SMILES string of the molecule is O=S(=O)(Cl)c1ccc(CCl)s1. The molecule has 0 saturated heterocycles. The average molecular weight is 231 g/mol. The summed E-state index contributed by atoms with van der Waals surface area (Å²) in [7, 11) is 1.51. The van der Waals surface area contributed by atoms with E-state index in [1.165, 1.54) is 6.07 Å². The number of halogens is 2. The van der Waals surface area contributed by atoms with Gasteiger partial charge in [0.15, 0.2) is 0 Å². The van der Waals surface area contributed by atoms with E-state index in [-0.39, 0.29) is 4.21 Å². The van der Waals surface area contributed by atoms with Gasteiger partial charge in [-0.15, -0.1) is 22.9 Å². The molecule has 0 radical (unpaired) electrons. The van der Waals surface area contributed by atoms with Crippen LogP contribution in [-0.2, 0) is 14.9 Å². The van der Waals surface area contributed by atoms with Gasteiger partial charge in [-0.05, 0) is 12.1 Å². The fraction of sp³-hybridized carbons (Fsp3) is 0.200. The number of hydrogen-bond acceptors (Lipinski definition) is 3. The highest BCUT2D eigenvalue weighted by Gasteiger charge is 2.12. The Morgan fingerprint density at radius 2 is 2.09 bits per heavy atom. The van der Waals surface area contributed by atoms with Crippen LogP contribution in [0.1, 0.15) is 4.88 Å². The zero-order valence-corrected chi connectivity index (χ0v) is 8.40. The molecule has 0 amide bonds. The molecule has 11 heavy (non-hydrogen) atoms. The van der Waals surface area contributed by atoms with Crippen LogP contribution in [0.5, 0.6) is 0 Å². The van der Waals surface area contributed by atoms with Crippen molar-refractivity contribution in [3.63, 3.8) is 0 Å². The summed E-state index contributed by atoms with van der Waals surface area (Å²) in [6.07, 6.45) is 0. The second-order valence-electron chi connectivity index (χ2n) is 1.79. The van der Waals surface area contributed by atoms with Gasteiger partial charge in [-0.3, -0.25) is 0 Å². The fourth-order valence-corrected chi connectivity index (χ4v) is 2.79. The molecule has 1 rings (SSSR count). The molecule has 0 atom stereocenters. The first kappa shape index (κ1) is 9.32. The van der Waals surface area contributed by atoms with Crippen LogP contribution in [0.2, 0.25) is 0 Å². The van der Waals surface area contributed by atoms with Crippen LogP contribution in [-0.4, -0.2) is 8.42 Å². The van der Waals surface area contributed by atoms with Crippen molar-refractivity contribution < 1.29 is 8.42 Å². The standard InChI is InChI=1S/C5H4Cl2O2S2/c6-3-4-1-2-5(10-4)11(7,8)9/h1-2H,3H2. The lowest BCUT2D eigenvalue weighted by Gasteiger charge is -1.85. The van der Waals surface area contributed by atoms with Crippen LogP contribution in [0.3, 0.4) is 0 Å². The maximum atomic E-state index is 10.7. The third-order valence-corrected chi connectivity index (χ3v) is 4.63. The summed E-state index contributed by atoms with van der Waals surface area (Å²) >= 11 is 6.55. The molecular formula is C5H4Cl2O2S2. The Bertz CT molecular complexity index is 341. The minimum absolute atomic E-state index is 0.148. The minimum atomic E-state index is -3.56. The molecule has 1 aromatic rings. The van der Waals surface area contributed by atoms with E-state index in [2.05, 4.69) is 0 Å². The van der Waals surface area contributed by atoms with Crippen molar-refractivity contribution in [1.82, 2.24) is 0 Å². The molecule has 0 N–H and O–H groups in total. The van der Waals surface area contributed by atoms with E-state index in [0.717, 1.165) is 16.2 Å². The van der Waals surface area contributed by atoms with Gasteiger partial charge in [0.05, 0.1) is 5.88 Å². The van der Waals surface area contributed by atoms with E-state index in [1.807, 2.05) is 0 Å². The molecule has 0 aliphatic carbocycles. The van der Waals surface area contributed by atoms with Gasteiger partial charge < -0.3 is 0 Å².